The van der Waals surface area contributed by atoms with Gasteiger partial charge in [-0.1, -0.05) is 0 Å². The van der Waals surface area contributed by atoms with Crippen LogP contribution in [0.25, 0.3) is 0 Å². The molecule has 0 unspecified atom stereocenters. The minimum absolute atomic E-state index is 0.0818. The van der Waals surface area contributed by atoms with E-state index in [1.807, 2.05) is 0 Å². The number of hydrogen-bond acceptors (Lipinski definition) is 4. The monoisotopic (exact) mass is 394 g/mol. The minimum atomic E-state index is -0.0876. The molecule has 0 radical (unpaired) electrons. The van der Waals surface area contributed by atoms with Gasteiger partial charge >= 0.3 is 0 Å². The molecule has 2 N–H and O–H groups in total. The lowest BCUT2D eigenvalue weighted by Gasteiger charge is -2.52. The van der Waals surface area contributed by atoms with Gasteiger partial charge in [-0.25, -0.2) is 10.0 Å². The molecule has 2 aliphatic heterocycles. The van der Waals surface area contributed by atoms with E-state index in [4.69, 9.17) is 0 Å². The second-order valence-electron chi connectivity index (χ2n) is 11.2. The smallest absolute Gasteiger partial charge is 0.234 e. The second kappa shape index (κ2) is 7.94. The van der Waals surface area contributed by atoms with E-state index in [0.717, 1.165) is 38.5 Å². The van der Waals surface area contributed by atoms with Crippen molar-refractivity contribution in [1.29, 1.82) is 0 Å². The zero-order chi connectivity index (χ0) is 21.4. The van der Waals surface area contributed by atoms with Gasteiger partial charge in [-0.2, -0.15) is 0 Å². The molecule has 0 aromatic rings. The molecule has 6 nitrogen and oxygen atoms in total. The molecule has 28 heavy (non-hydrogen) atoms. The van der Waals surface area contributed by atoms with Gasteiger partial charge in [0.05, 0.1) is 0 Å². The van der Waals surface area contributed by atoms with Crippen molar-refractivity contribution in [3.8, 4) is 0 Å². The number of carbonyl (C=O) groups is 2. The Bertz CT molecular complexity index is 511. The molecule has 2 saturated heterocycles. The van der Waals surface area contributed by atoms with Crippen LogP contribution in [0, 0.1) is 0 Å². The fourth-order valence-corrected chi connectivity index (χ4v) is 5.19. The SMILES string of the molecule is CC1(C)CCCC(C)(C)N1NC(=O)CCC(=O)NN1C(C)(C)CCCC1(C)C. The van der Waals surface area contributed by atoms with Crippen molar-refractivity contribution in [2.24, 2.45) is 0 Å². The van der Waals surface area contributed by atoms with Gasteiger partial charge in [-0.15, -0.1) is 0 Å². The highest BCUT2D eigenvalue weighted by atomic mass is 16.2. The van der Waals surface area contributed by atoms with Gasteiger partial charge in [-0.3, -0.25) is 20.4 Å². The second-order valence-corrected chi connectivity index (χ2v) is 11.2. The van der Waals surface area contributed by atoms with Crippen molar-refractivity contribution >= 4 is 11.8 Å². The van der Waals surface area contributed by atoms with Crippen molar-refractivity contribution in [3.63, 3.8) is 0 Å². The number of nitrogens with one attached hydrogen (secondary N) is 2. The van der Waals surface area contributed by atoms with Gasteiger partial charge in [0.25, 0.3) is 0 Å². The topological polar surface area (TPSA) is 64.7 Å². The molecule has 2 aliphatic rings. The predicted molar refractivity (Wildman–Crippen MR) is 113 cm³/mol. The molecule has 2 heterocycles. The van der Waals surface area contributed by atoms with E-state index in [0.29, 0.717) is 0 Å². The first-order valence-electron chi connectivity index (χ1n) is 10.9. The van der Waals surface area contributed by atoms with Gasteiger partial charge in [0, 0.05) is 35.0 Å². The lowest BCUT2D eigenvalue weighted by atomic mass is 9.81. The molecule has 2 rings (SSSR count). The molecule has 2 amide bonds. The fourth-order valence-electron chi connectivity index (χ4n) is 5.19. The highest BCUT2D eigenvalue weighted by Crippen LogP contribution is 2.37. The van der Waals surface area contributed by atoms with Gasteiger partial charge < -0.3 is 0 Å². The molecule has 6 heteroatoms. The number of carbonyl (C=O) groups excluding carboxylic acids is 2. The number of amides is 2. The number of nitrogens with zero attached hydrogens (tertiary/aromatic N) is 2. The number of piperidine rings is 2. The lowest BCUT2D eigenvalue weighted by molar-refractivity contribution is -0.144. The molecule has 2 fully saturated rings. The van der Waals surface area contributed by atoms with E-state index in [9.17, 15) is 9.59 Å². The highest BCUT2D eigenvalue weighted by molar-refractivity contribution is 5.83. The van der Waals surface area contributed by atoms with Crippen LogP contribution in [0.2, 0.25) is 0 Å². The van der Waals surface area contributed by atoms with E-state index in [1.165, 1.54) is 0 Å². The predicted octanol–water partition coefficient (Wildman–Crippen LogP) is 3.92. The van der Waals surface area contributed by atoms with Crippen LogP contribution in [0.1, 0.15) is 107 Å². The van der Waals surface area contributed by atoms with Crippen molar-refractivity contribution in [2.75, 3.05) is 0 Å². The molecule has 0 aromatic carbocycles. The van der Waals surface area contributed by atoms with Crippen molar-refractivity contribution < 1.29 is 9.59 Å². The standard InChI is InChI=1S/C22H42N4O2/c1-19(2)13-9-14-20(3,4)25(19)23-17(27)11-12-18(28)24-26-21(5,6)15-10-16-22(26,7)8/h9-16H2,1-8H3,(H,23,27)(H,24,28). The van der Waals surface area contributed by atoms with Crippen molar-refractivity contribution in [1.82, 2.24) is 20.9 Å². The molecular weight excluding hydrogens is 352 g/mol. The molecule has 0 aromatic heterocycles. The number of hydrogen-bond donors (Lipinski definition) is 2. The molecule has 0 saturated carbocycles. The van der Waals surface area contributed by atoms with Crippen molar-refractivity contribution in [2.45, 2.75) is 129 Å². The zero-order valence-electron chi connectivity index (χ0n) is 19.4. The Kier molecular flexibility index (Phi) is 6.56. The van der Waals surface area contributed by atoms with E-state index in [-0.39, 0.29) is 46.8 Å². The maximum Gasteiger partial charge on any atom is 0.234 e. The molecule has 162 valence electrons. The molecule has 0 bridgehead atoms. The first-order chi connectivity index (χ1) is 12.7. The summed E-state index contributed by atoms with van der Waals surface area (Å²) in [7, 11) is 0. The highest BCUT2D eigenvalue weighted by Gasteiger charge is 2.43. The van der Waals surface area contributed by atoms with Crippen LogP contribution in [0.5, 0.6) is 0 Å². The summed E-state index contributed by atoms with van der Waals surface area (Å²) in [6, 6.07) is 0. The summed E-state index contributed by atoms with van der Waals surface area (Å²) < 4.78 is 0. The summed E-state index contributed by atoms with van der Waals surface area (Å²) in [6.45, 7) is 17.3. The van der Waals surface area contributed by atoms with Crippen LogP contribution >= 0.6 is 0 Å². The molecule has 0 aliphatic carbocycles. The van der Waals surface area contributed by atoms with Gasteiger partial charge in [0.2, 0.25) is 11.8 Å². The van der Waals surface area contributed by atoms with Crippen LogP contribution in [0.3, 0.4) is 0 Å². The Labute approximate surface area is 171 Å². The first kappa shape index (κ1) is 23.1. The van der Waals surface area contributed by atoms with E-state index < -0.39 is 0 Å². The Balaban J connectivity index is 1.91. The number of hydrazine groups is 2. The first-order valence-corrected chi connectivity index (χ1v) is 10.9. The maximum absolute atomic E-state index is 12.6. The van der Waals surface area contributed by atoms with Crippen LogP contribution in [0.15, 0.2) is 0 Å². The average molecular weight is 395 g/mol. The zero-order valence-corrected chi connectivity index (χ0v) is 19.4. The fraction of sp³-hybridized carbons (Fsp3) is 0.909. The van der Waals surface area contributed by atoms with Gasteiger partial charge in [0.15, 0.2) is 0 Å². The van der Waals surface area contributed by atoms with Crippen LogP contribution < -0.4 is 10.9 Å². The molecular formula is C22H42N4O2. The normalized spacial score (nSPS) is 26.4. The third-order valence-corrected chi connectivity index (χ3v) is 6.63. The van der Waals surface area contributed by atoms with Crippen LogP contribution in [0.4, 0.5) is 0 Å². The summed E-state index contributed by atoms with van der Waals surface area (Å²) in [5.41, 5.74) is 5.86. The average Bonchev–Trinajstić information content (AvgIpc) is 2.52. The van der Waals surface area contributed by atoms with E-state index >= 15 is 0 Å². The third-order valence-electron chi connectivity index (χ3n) is 6.63. The Hall–Kier alpha value is -1.14. The van der Waals surface area contributed by atoms with Crippen LogP contribution in [-0.2, 0) is 9.59 Å². The maximum atomic E-state index is 12.6. The summed E-state index contributed by atoms with van der Waals surface area (Å²) >= 11 is 0. The quantitative estimate of drug-likeness (QED) is 0.742. The van der Waals surface area contributed by atoms with Gasteiger partial charge in [-0.05, 0) is 93.9 Å². The van der Waals surface area contributed by atoms with E-state index in [2.05, 4.69) is 76.3 Å². The lowest BCUT2D eigenvalue weighted by Crippen LogP contribution is -2.66. The third kappa shape index (κ3) is 5.26. The molecule has 0 spiro atoms. The summed E-state index contributed by atoms with van der Waals surface area (Å²) in [4.78, 5) is 25.2. The summed E-state index contributed by atoms with van der Waals surface area (Å²) in [5, 5.41) is 4.20. The van der Waals surface area contributed by atoms with Gasteiger partial charge in [0.1, 0.15) is 0 Å². The summed E-state index contributed by atoms with van der Waals surface area (Å²) in [6.07, 6.45) is 6.93. The summed E-state index contributed by atoms with van der Waals surface area (Å²) in [5.74, 6) is -0.175. The Morgan fingerprint density at radius 1 is 0.607 bits per heavy atom. The Morgan fingerprint density at radius 3 is 1.11 bits per heavy atom. The largest absolute Gasteiger partial charge is 0.288 e. The van der Waals surface area contributed by atoms with E-state index in [1.54, 1.807) is 0 Å². The minimum Gasteiger partial charge on any atom is -0.288 e. The Morgan fingerprint density at radius 2 is 0.857 bits per heavy atom. The number of rotatable bonds is 5. The van der Waals surface area contributed by atoms with Crippen LogP contribution in [-0.4, -0.2) is 44.0 Å². The molecule has 0 atom stereocenters. The van der Waals surface area contributed by atoms with Crippen molar-refractivity contribution in [3.05, 3.63) is 0 Å².